The lowest BCUT2D eigenvalue weighted by Gasteiger charge is -2.22. The monoisotopic (exact) mass is 794 g/mol. The molecule has 0 unspecified atom stereocenters. The third-order valence-electron chi connectivity index (χ3n) is 10.5. The van der Waals surface area contributed by atoms with Crippen LogP contribution in [-0.2, 0) is 9.47 Å². The highest BCUT2D eigenvalue weighted by Gasteiger charge is 2.25. The van der Waals surface area contributed by atoms with Crippen molar-refractivity contribution >= 4 is 56.5 Å². The van der Waals surface area contributed by atoms with Crippen molar-refractivity contribution in [3.05, 3.63) is 149 Å². The number of benzene rings is 4. The molecule has 4 N–H and O–H groups in total. The first-order chi connectivity index (χ1) is 28.9. The average molecular weight is 795 g/mol. The maximum atomic E-state index is 13.0. The zero-order chi connectivity index (χ0) is 41.0. The van der Waals surface area contributed by atoms with Gasteiger partial charge in [0.2, 0.25) is 0 Å². The van der Waals surface area contributed by atoms with Crippen LogP contribution in [0.1, 0.15) is 67.4 Å². The van der Waals surface area contributed by atoms with E-state index in [1.54, 1.807) is 42.6 Å². The van der Waals surface area contributed by atoms with Crippen molar-refractivity contribution in [1.82, 2.24) is 15.6 Å². The molecular formula is C46H46N6O7. The minimum absolute atomic E-state index is 0.127. The standard InChI is InChI=1S/C23H23N3O4.C23H23N3O3/c27-22(19-8-3-6-17-5-1-2-7-18(17)19)25-20-9-4-12-26(29)21(20)23(28)24-15-16-10-13-30-14-11-16;27-22(19-8-3-6-17-5-1-2-7-18(17)19)26-20-9-4-12-24-21(20)23(28)25-15-16-10-13-29-14-11-16/h1-9,12,16H,10-11,13-15H2,(H,24,28)(H,25,27);1-9,12,16H,10-11,13-15H2,(H,25,28)(H,26,27). The Morgan fingerprint density at radius 3 is 1.64 bits per heavy atom. The van der Waals surface area contributed by atoms with Crippen molar-refractivity contribution in [1.29, 1.82) is 0 Å². The highest BCUT2D eigenvalue weighted by atomic mass is 16.5. The largest absolute Gasteiger partial charge is 0.618 e. The molecule has 2 fully saturated rings. The molecule has 13 heteroatoms. The summed E-state index contributed by atoms with van der Waals surface area (Å²) in [6.07, 6.45) is 6.42. The van der Waals surface area contributed by atoms with Gasteiger partial charge in [0.15, 0.2) is 11.9 Å². The van der Waals surface area contributed by atoms with Crippen molar-refractivity contribution in [2.24, 2.45) is 11.8 Å². The van der Waals surface area contributed by atoms with Crippen LogP contribution >= 0.6 is 0 Å². The van der Waals surface area contributed by atoms with E-state index in [-0.39, 0.29) is 34.8 Å². The molecule has 2 aromatic heterocycles. The molecule has 0 radical (unpaired) electrons. The lowest BCUT2D eigenvalue weighted by molar-refractivity contribution is -0.607. The molecular weight excluding hydrogens is 749 g/mol. The number of nitrogens with zero attached hydrogens (tertiary/aromatic N) is 2. The normalized spacial score (nSPS) is 14.4. The Kier molecular flexibility index (Phi) is 13.5. The lowest BCUT2D eigenvalue weighted by atomic mass is 10.0. The summed E-state index contributed by atoms with van der Waals surface area (Å²) in [6, 6.07) is 32.8. The zero-order valence-electron chi connectivity index (χ0n) is 32.5. The fourth-order valence-electron chi connectivity index (χ4n) is 7.27. The van der Waals surface area contributed by atoms with Crippen molar-refractivity contribution in [3.63, 3.8) is 0 Å². The molecule has 302 valence electrons. The first-order valence-electron chi connectivity index (χ1n) is 19.8. The molecule has 13 nitrogen and oxygen atoms in total. The summed E-state index contributed by atoms with van der Waals surface area (Å²) < 4.78 is 11.2. The maximum absolute atomic E-state index is 13.0. The second kappa shape index (κ2) is 19.6. The summed E-state index contributed by atoms with van der Waals surface area (Å²) in [6.45, 7) is 3.87. The fourth-order valence-corrected chi connectivity index (χ4v) is 7.27. The van der Waals surface area contributed by atoms with Gasteiger partial charge in [-0.3, -0.25) is 19.2 Å². The van der Waals surface area contributed by atoms with Crippen molar-refractivity contribution in [3.8, 4) is 0 Å². The summed E-state index contributed by atoms with van der Waals surface area (Å²) in [5.41, 5.74) is 1.69. The Hall–Kier alpha value is -6.70. The SMILES string of the molecule is O=C(NCC1CCOCC1)c1ncccc1NC(=O)c1cccc2ccccc12.O=C(Nc1ccc[n+]([O-])c1C(=O)NCC1CCOCC1)c1cccc2ccccc12. The number of hydrogen-bond donors (Lipinski definition) is 4. The maximum Gasteiger partial charge on any atom is 0.319 e. The van der Waals surface area contributed by atoms with Crippen LogP contribution in [0.2, 0.25) is 0 Å². The van der Waals surface area contributed by atoms with E-state index < -0.39 is 5.91 Å². The van der Waals surface area contributed by atoms with E-state index in [2.05, 4.69) is 26.3 Å². The number of amides is 4. The zero-order valence-corrected chi connectivity index (χ0v) is 32.5. The van der Waals surface area contributed by atoms with Crippen LogP contribution in [0.15, 0.2) is 122 Å². The van der Waals surface area contributed by atoms with Crippen LogP contribution in [0.4, 0.5) is 11.4 Å². The lowest BCUT2D eigenvalue weighted by Crippen LogP contribution is -2.42. The van der Waals surface area contributed by atoms with Crippen molar-refractivity contribution in [2.75, 3.05) is 50.2 Å². The number of fused-ring (bicyclic) bond motifs is 2. The Bertz CT molecular complexity index is 2430. The number of rotatable bonds is 10. The van der Waals surface area contributed by atoms with Gasteiger partial charge in [-0.05, 0) is 89.4 Å². The predicted molar refractivity (Wildman–Crippen MR) is 225 cm³/mol. The molecule has 0 saturated carbocycles. The number of aromatic nitrogens is 2. The summed E-state index contributed by atoms with van der Waals surface area (Å²) in [5, 5.41) is 27.3. The van der Waals surface area contributed by atoms with Gasteiger partial charge in [0.05, 0.1) is 5.69 Å². The third-order valence-corrected chi connectivity index (χ3v) is 10.5. The molecule has 2 aliphatic heterocycles. The molecule has 0 spiro atoms. The minimum Gasteiger partial charge on any atom is -0.618 e. The molecule has 8 rings (SSSR count). The molecule has 0 aliphatic carbocycles. The van der Waals surface area contributed by atoms with Gasteiger partial charge in [0.1, 0.15) is 5.69 Å². The van der Waals surface area contributed by atoms with Crippen LogP contribution in [0.3, 0.4) is 0 Å². The average Bonchev–Trinajstić information content (AvgIpc) is 3.28. The number of ether oxygens (including phenoxy) is 2. The molecule has 4 heterocycles. The van der Waals surface area contributed by atoms with Gasteiger partial charge in [-0.25, -0.2) is 4.98 Å². The highest BCUT2D eigenvalue weighted by Crippen LogP contribution is 2.23. The van der Waals surface area contributed by atoms with Crippen LogP contribution in [0, 0.1) is 17.0 Å². The number of carbonyl (C=O) groups excluding carboxylic acids is 4. The quantitative estimate of drug-likeness (QED) is 0.0895. The highest BCUT2D eigenvalue weighted by molar-refractivity contribution is 6.15. The Morgan fingerprint density at radius 1 is 0.576 bits per heavy atom. The third kappa shape index (κ3) is 10.2. The van der Waals surface area contributed by atoms with Crippen molar-refractivity contribution in [2.45, 2.75) is 25.7 Å². The Labute approximate surface area is 341 Å². The van der Waals surface area contributed by atoms with E-state index in [0.29, 0.717) is 59.7 Å². The number of carbonyl (C=O) groups is 4. The number of hydrogen-bond acceptors (Lipinski definition) is 8. The van der Waals surface area contributed by atoms with Crippen LogP contribution in [0.25, 0.3) is 21.5 Å². The molecule has 2 saturated heterocycles. The molecule has 6 aromatic rings. The Morgan fingerprint density at radius 2 is 1.07 bits per heavy atom. The van der Waals surface area contributed by atoms with Gasteiger partial charge < -0.3 is 35.9 Å². The molecule has 4 aromatic carbocycles. The molecule has 4 amide bonds. The van der Waals surface area contributed by atoms with Crippen LogP contribution in [-0.4, -0.2) is 68.1 Å². The van der Waals surface area contributed by atoms with Gasteiger partial charge >= 0.3 is 11.6 Å². The number of nitrogens with one attached hydrogen (secondary N) is 4. The Balaban J connectivity index is 0.000000179. The van der Waals surface area contributed by atoms with E-state index in [1.807, 2.05) is 66.7 Å². The van der Waals surface area contributed by atoms with E-state index in [9.17, 15) is 24.4 Å². The first-order valence-corrected chi connectivity index (χ1v) is 19.8. The fraction of sp³-hybridized carbons (Fsp3) is 0.261. The van der Waals surface area contributed by atoms with E-state index in [0.717, 1.165) is 60.4 Å². The van der Waals surface area contributed by atoms with E-state index in [1.165, 1.54) is 12.3 Å². The van der Waals surface area contributed by atoms with Gasteiger partial charge in [-0.1, -0.05) is 72.8 Å². The second-order valence-corrected chi connectivity index (χ2v) is 14.5. The number of anilines is 2. The second-order valence-electron chi connectivity index (χ2n) is 14.5. The van der Waals surface area contributed by atoms with Gasteiger partial charge in [-0.15, -0.1) is 0 Å². The summed E-state index contributed by atoms with van der Waals surface area (Å²) in [5.74, 6) is -0.717. The predicted octanol–water partition coefficient (Wildman–Crippen LogP) is 6.53. The first kappa shape index (κ1) is 40.5. The minimum atomic E-state index is -0.509. The van der Waals surface area contributed by atoms with Crippen LogP contribution in [0.5, 0.6) is 0 Å². The van der Waals surface area contributed by atoms with Gasteiger partial charge in [0, 0.05) is 62.9 Å². The van der Waals surface area contributed by atoms with E-state index >= 15 is 0 Å². The van der Waals surface area contributed by atoms with Crippen molar-refractivity contribution < 1.29 is 33.4 Å². The van der Waals surface area contributed by atoms with Gasteiger partial charge in [0.25, 0.3) is 17.7 Å². The molecule has 59 heavy (non-hydrogen) atoms. The van der Waals surface area contributed by atoms with E-state index in [4.69, 9.17) is 9.47 Å². The van der Waals surface area contributed by atoms with Crippen LogP contribution < -0.4 is 26.0 Å². The topological polar surface area (TPSA) is 175 Å². The summed E-state index contributed by atoms with van der Waals surface area (Å²) in [7, 11) is 0. The smallest absolute Gasteiger partial charge is 0.319 e. The summed E-state index contributed by atoms with van der Waals surface area (Å²) in [4.78, 5) is 55.5. The molecule has 0 bridgehead atoms. The molecule has 0 atom stereocenters. The summed E-state index contributed by atoms with van der Waals surface area (Å²) >= 11 is 0. The van der Waals surface area contributed by atoms with Gasteiger partial charge in [-0.2, -0.15) is 4.73 Å². The number of pyridine rings is 2. The molecule has 2 aliphatic rings.